The van der Waals surface area contributed by atoms with Gasteiger partial charge >= 0.3 is 0 Å². The minimum atomic E-state index is -0.315. The first-order valence-corrected chi connectivity index (χ1v) is 6.51. The van der Waals surface area contributed by atoms with E-state index in [1.54, 1.807) is 37.4 Å². The number of carbonyl (C=O) groups is 1. The molecule has 3 N–H and O–H groups in total. The largest absolute Gasteiger partial charge is 0.497 e. The van der Waals surface area contributed by atoms with Gasteiger partial charge in [0.1, 0.15) is 11.5 Å². The molecule has 0 atom stereocenters. The van der Waals surface area contributed by atoms with Crippen LogP contribution in [0.2, 0.25) is 5.02 Å². The number of halogens is 1. The number of anilines is 2. The molecule has 0 unspecified atom stereocenters. The zero-order chi connectivity index (χ0) is 15.4. The van der Waals surface area contributed by atoms with Crippen LogP contribution in [0, 0.1) is 0 Å². The molecule has 0 heterocycles. The van der Waals surface area contributed by atoms with Gasteiger partial charge in [-0.25, -0.2) is 0 Å². The summed E-state index contributed by atoms with van der Waals surface area (Å²) < 4.78 is 10.3. The Hall–Kier alpha value is -2.40. The number of ether oxygens (including phenoxy) is 2. The lowest BCUT2D eigenvalue weighted by Crippen LogP contribution is -2.13. The number of nitrogens with two attached hydrogens (primary N) is 1. The second-order valence-corrected chi connectivity index (χ2v) is 4.66. The Balaban J connectivity index is 2.28. The molecule has 0 aliphatic carbocycles. The zero-order valence-electron chi connectivity index (χ0n) is 11.6. The second kappa shape index (κ2) is 6.37. The topological polar surface area (TPSA) is 73.6 Å². The second-order valence-electron chi connectivity index (χ2n) is 4.26. The zero-order valence-corrected chi connectivity index (χ0v) is 12.4. The van der Waals surface area contributed by atoms with E-state index in [0.717, 1.165) is 0 Å². The number of hydrogen-bond donors (Lipinski definition) is 2. The van der Waals surface area contributed by atoms with Crippen molar-refractivity contribution in [3.05, 3.63) is 47.0 Å². The van der Waals surface area contributed by atoms with Crippen LogP contribution in [0.1, 0.15) is 10.4 Å². The normalized spacial score (nSPS) is 10.0. The highest BCUT2D eigenvalue weighted by molar-refractivity contribution is 6.33. The van der Waals surface area contributed by atoms with Gasteiger partial charge in [-0.1, -0.05) is 11.6 Å². The lowest BCUT2D eigenvalue weighted by Gasteiger charge is -2.12. The molecule has 21 heavy (non-hydrogen) atoms. The fourth-order valence-electron chi connectivity index (χ4n) is 1.79. The van der Waals surface area contributed by atoms with E-state index in [1.165, 1.54) is 13.2 Å². The third-order valence-corrected chi connectivity index (χ3v) is 3.26. The van der Waals surface area contributed by atoms with E-state index in [0.29, 0.717) is 33.5 Å². The average Bonchev–Trinajstić information content (AvgIpc) is 2.49. The smallest absolute Gasteiger partial charge is 0.255 e. The maximum atomic E-state index is 12.2. The number of carbonyl (C=O) groups excluding carboxylic acids is 1. The molecule has 0 aliphatic rings. The van der Waals surface area contributed by atoms with Crippen LogP contribution >= 0.6 is 11.6 Å². The Morgan fingerprint density at radius 2 is 1.90 bits per heavy atom. The van der Waals surface area contributed by atoms with Gasteiger partial charge in [-0.05, 0) is 30.3 Å². The van der Waals surface area contributed by atoms with Crippen molar-refractivity contribution in [3.8, 4) is 11.5 Å². The molecular weight excluding hydrogens is 292 g/mol. The lowest BCUT2D eigenvalue weighted by molar-refractivity contribution is 0.102. The standard InChI is InChI=1S/C15H15ClN2O3/c1-20-10-4-6-14(21-2)13(8-10)18-15(19)9-3-5-11(16)12(17)7-9/h3-8H,17H2,1-2H3,(H,18,19). The van der Waals surface area contributed by atoms with Crippen molar-refractivity contribution >= 4 is 28.9 Å². The van der Waals surface area contributed by atoms with Gasteiger partial charge in [0.05, 0.1) is 30.6 Å². The molecule has 2 aromatic rings. The van der Waals surface area contributed by atoms with Crippen LogP contribution in [-0.4, -0.2) is 20.1 Å². The van der Waals surface area contributed by atoms with Gasteiger partial charge in [0.15, 0.2) is 0 Å². The molecule has 0 bridgehead atoms. The minimum absolute atomic E-state index is 0.315. The van der Waals surface area contributed by atoms with Crippen molar-refractivity contribution in [1.82, 2.24) is 0 Å². The summed E-state index contributed by atoms with van der Waals surface area (Å²) in [7, 11) is 3.07. The summed E-state index contributed by atoms with van der Waals surface area (Å²) in [6.07, 6.45) is 0. The first kappa shape index (κ1) is 15.0. The Kier molecular flexibility index (Phi) is 4.55. The summed E-state index contributed by atoms with van der Waals surface area (Å²) in [5.74, 6) is 0.831. The van der Waals surface area contributed by atoms with Crippen molar-refractivity contribution in [2.45, 2.75) is 0 Å². The lowest BCUT2D eigenvalue weighted by atomic mass is 10.2. The molecule has 1 amide bonds. The van der Waals surface area contributed by atoms with Gasteiger partial charge in [-0.15, -0.1) is 0 Å². The fraction of sp³-hybridized carbons (Fsp3) is 0.133. The van der Waals surface area contributed by atoms with E-state index in [4.69, 9.17) is 26.8 Å². The van der Waals surface area contributed by atoms with Crippen LogP contribution in [0.3, 0.4) is 0 Å². The molecular formula is C15H15ClN2O3. The number of amides is 1. The predicted octanol–water partition coefficient (Wildman–Crippen LogP) is 3.19. The van der Waals surface area contributed by atoms with E-state index in [-0.39, 0.29) is 5.91 Å². The van der Waals surface area contributed by atoms with Gasteiger partial charge < -0.3 is 20.5 Å². The molecule has 0 saturated heterocycles. The van der Waals surface area contributed by atoms with Crippen LogP contribution in [-0.2, 0) is 0 Å². The van der Waals surface area contributed by atoms with Crippen LogP contribution in [0.25, 0.3) is 0 Å². The molecule has 0 fully saturated rings. The van der Waals surface area contributed by atoms with E-state index >= 15 is 0 Å². The first-order valence-electron chi connectivity index (χ1n) is 6.13. The van der Waals surface area contributed by atoms with E-state index in [1.807, 2.05) is 0 Å². The Morgan fingerprint density at radius 1 is 1.14 bits per heavy atom. The highest BCUT2D eigenvalue weighted by Gasteiger charge is 2.12. The molecule has 0 aliphatic heterocycles. The molecule has 0 saturated carbocycles. The average molecular weight is 307 g/mol. The summed E-state index contributed by atoms with van der Waals surface area (Å²) in [4.78, 5) is 12.2. The molecule has 0 aromatic heterocycles. The number of benzene rings is 2. The fourth-order valence-corrected chi connectivity index (χ4v) is 1.91. The molecule has 110 valence electrons. The Bertz CT molecular complexity index is 674. The number of hydrogen-bond acceptors (Lipinski definition) is 4. The van der Waals surface area contributed by atoms with Crippen molar-refractivity contribution in [3.63, 3.8) is 0 Å². The number of nitrogen functional groups attached to an aromatic ring is 1. The molecule has 2 aromatic carbocycles. The molecule has 2 rings (SSSR count). The number of rotatable bonds is 4. The van der Waals surface area contributed by atoms with Crippen molar-refractivity contribution in [2.24, 2.45) is 0 Å². The quantitative estimate of drug-likeness (QED) is 0.851. The molecule has 6 heteroatoms. The summed E-state index contributed by atoms with van der Waals surface area (Å²) in [6, 6.07) is 9.83. The third kappa shape index (κ3) is 3.38. The molecule has 5 nitrogen and oxygen atoms in total. The van der Waals surface area contributed by atoms with Gasteiger partial charge in [-0.2, -0.15) is 0 Å². The van der Waals surface area contributed by atoms with Gasteiger partial charge in [0.25, 0.3) is 5.91 Å². The van der Waals surface area contributed by atoms with E-state index < -0.39 is 0 Å². The highest BCUT2D eigenvalue weighted by Crippen LogP contribution is 2.29. The summed E-state index contributed by atoms with van der Waals surface area (Å²) >= 11 is 5.84. The Labute approximate surface area is 127 Å². The van der Waals surface area contributed by atoms with Gasteiger partial charge in [0, 0.05) is 11.6 Å². The van der Waals surface area contributed by atoms with Gasteiger partial charge in [0.2, 0.25) is 0 Å². The van der Waals surface area contributed by atoms with Crippen molar-refractivity contribution in [2.75, 3.05) is 25.3 Å². The Morgan fingerprint density at radius 3 is 2.52 bits per heavy atom. The maximum Gasteiger partial charge on any atom is 0.255 e. The minimum Gasteiger partial charge on any atom is -0.497 e. The summed E-state index contributed by atoms with van der Waals surface area (Å²) in [5.41, 5.74) is 6.96. The third-order valence-electron chi connectivity index (χ3n) is 2.91. The number of methoxy groups -OCH3 is 2. The maximum absolute atomic E-state index is 12.2. The predicted molar refractivity (Wildman–Crippen MR) is 83.4 cm³/mol. The van der Waals surface area contributed by atoms with E-state index in [2.05, 4.69) is 5.32 Å². The van der Waals surface area contributed by atoms with Crippen LogP contribution in [0.5, 0.6) is 11.5 Å². The highest BCUT2D eigenvalue weighted by atomic mass is 35.5. The van der Waals surface area contributed by atoms with E-state index in [9.17, 15) is 4.79 Å². The monoisotopic (exact) mass is 306 g/mol. The summed E-state index contributed by atoms with van der Waals surface area (Å²) in [5, 5.41) is 3.16. The number of nitrogens with one attached hydrogen (secondary N) is 1. The van der Waals surface area contributed by atoms with Crippen molar-refractivity contribution in [1.29, 1.82) is 0 Å². The molecule has 0 radical (unpaired) electrons. The molecule has 0 spiro atoms. The van der Waals surface area contributed by atoms with Crippen LogP contribution in [0.15, 0.2) is 36.4 Å². The first-order chi connectivity index (χ1) is 10.0. The van der Waals surface area contributed by atoms with Gasteiger partial charge in [-0.3, -0.25) is 4.79 Å². The summed E-state index contributed by atoms with van der Waals surface area (Å²) in [6.45, 7) is 0. The SMILES string of the molecule is COc1ccc(OC)c(NC(=O)c2ccc(Cl)c(N)c2)c1. The van der Waals surface area contributed by atoms with Crippen molar-refractivity contribution < 1.29 is 14.3 Å². The van der Waals surface area contributed by atoms with Crippen LogP contribution < -0.4 is 20.5 Å². The van der Waals surface area contributed by atoms with Crippen LogP contribution in [0.4, 0.5) is 11.4 Å².